The summed E-state index contributed by atoms with van der Waals surface area (Å²) in [6, 6.07) is 3.48. The normalized spacial score (nSPS) is 10.6. The van der Waals surface area contributed by atoms with Gasteiger partial charge in [0.2, 0.25) is 0 Å². The van der Waals surface area contributed by atoms with Gasteiger partial charge in [-0.2, -0.15) is 0 Å². The van der Waals surface area contributed by atoms with Gasteiger partial charge in [0.15, 0.2) is 5.52 Å². The van der Waals surface area contributed by atoms with Crippen molar-refractivity contribution in [3.8, 4) is 0 Å². The standard InChI is InChI=1S/C10H11N3O3S/c14-5-1-4-11-7-2-3-8-9(12-6-17-8)10(7)13(15)16/h2-3,6,11,14H,1,4-5H2. The van der Waals surface area contributed by atoms with Crippen molar-refractivity contribution in [1.82, 2.24) is 4.98 Å². The summed E-state index contributed by atoms with van der Waals surface area (Å²) in [5.41, 5.74) is 2.45. The number of nitro benzene ring substituents is 1. The molecule has 1 heterocycles. The summed E-state index contributed by atoms with van der Waals surface area (Å²) in [5.74, 6) is 0. The number of hydrogen-bond donors (Lipinski definition) is 2. The largest absolute Gasteiger partial charge is 0.396 e. The summed E-state index contributed by atoms with van der Waals surface area (Å²) in [5, 5.41) is 22.7. The van der Waals surface area contributed by atoms with Gasteiger partial charge >= 0.3 is 5.69 Å². The second-order valence-electron chi connectivity index (χ2n) is 3.42. The predicted octanol–water partition coefficient (Wildman–Crippen LogP) is 2.00. The number of aliphatic hydroxyl groups excluding tert-OH is 1. The maximum atomic E-state index is 11.0. The lowest BCUT2D eigenvalue weighted by Gasteiger charge is -2.06. The van der Waals surface area contributed by atoms with E-state index >= 15 is 0 Å². The van der Waals surface area contributed by atoms with Gasteiger partial charge in [0.25, 0.3) is 0 Å². The van der Waals surface area contributed by atoms with Crippen molar-refractivity contribution in [2.24, 2.45) is 0 Å². The fraction of sp³-hybridized carbons (Fsp3) is 0.300. The molecule has 0 aliphatic rings. The van der Waals surface area contributed by atoms with Crippen molar-refractivity contribution in [2.45, 2.75) is 6.42 Å². The molecule has 7 heteroatoms. The fourth-order valence-electron chi connectivity index (χ4n) is 1.55. The van der Waals surface area contributed by atoms with Crippen molar-refractivity contribution in [3.05, 3.63) is 27.8 Å². The number of fused-ring (bicyclic) bond motifs is 1. The number of anilines is 1. The molecule has 0 fully saturated rings. The maximum absolute atomic E-state index is 11.0. The van der Waals surface area contributed by atoms with Crippen LogP contribution in [0.25, 0.3) is 10.2 Å². The van der Waals surface area contributed by atoms with E-state index in [1.165, 1.54) is 11.3 Å². The average Bonchev–Trinajstić information content (AvgIpc) is 2.76. The second kappa shape index (κ2) is 5.07. The minimum absolute atomic E-state index is 0.00156. The summed E-state index contributed by atoms with van der Waals surface area (Å²) in [6.07, 6.45) is 0.548. The van der Waals surface area contributed by atoms with Crippen molar-refractivity contribution in [3.63, 3.8) is 0 Å². The monoisotopic (exact) mass is 253 g/mol. The van der Waals surface area contributed by atoms with Crippen molar-refractivity contribution < 1.29 is 10.0 Å². The Morgan fingerprint density at radius 1 is 1.53 bits per heavy atom. The SMILES string of the molecule is O=[N+]([O-])c1c(NCCCO)ccc2scnc12. The van der Waals surface area contributed by atoms with E-state index in [2.05, 4.69) is 10.3 Å². The van der Waals surface area contributed by atoms with Crippen molar-refractivity contribution >= 4 is 32.9 Å². The molecule has 6 nitrogen and oxygen atoms in total. The van der Waals surface area contributed by atoms with E-state index in [1.54, 1.807) is 17.6 Å². The first-order valence-corrected chi connectivity index (χ1v) is 5.97. The first-order chi connectivity index (χ1) is 8.24. The number of benzene rings is 1. The Kier molecular flexibility index (Phi) is 3.50. The summed E-state index contributed by atoms with van der Waals surface area (Å²) >= 11 is 1.37. The molecule has 2 rings (SSSR count). The Morgan fingerprint density at radius 2 is 2.35 bits per heavy atom. The van der Waals surface area contributed by atoms with Crippen LogP contribution in [0.15, 0.2) is 17.6 Å². The molecule has 90 valence electrons. The Labute approximate surface area is 101 Å². The van der Waals surface area contributed by atoms with Gasteiger partial charge in [0.1, 0.15) is 5.69 Å². The molecule has 0 bridgehead atoms. The number of nitrogens with one attached hydrogen (secondary N) is 1. The predicted molar refractivity (Wildman–Crippen MR) is 66.5 cm³/mol. The lowest BCUT2D eigenvalue weighted by atomic mass is 10.2. The fourth-order valence-corrected chi connectivity index (χ4v) is 2.23. The number of thiazole rings is 1. The van der Waals surface area contributed by atoms with Gasteiger partial charge in [-0.15, -0.1) is 11.3 Å². The molecule has 0 saturated heterocycles. The van der Waals surface area contributed by atoms with Gasteiger partial charge in [-0.3, -0.25) is 10.1 Å². The van der Waals surface area contributed by atoms with Crippen LogP contribution in [0.3, 0.4) is 0 Å². The first kappa shape index (κ1) is 11.7. The van der Waals surface area contributed by atoms with Gasteiger partial charge in [-0.05, 0) is 18.6 Å². The zero-order chi connectivity index (χ0) is 12.3. The van der Waals surface area contributed by atoms with E-state index in [4.69, 9.17) is 5.11 Å². The van der Waals surface area contributed by atoms with Crippen LogP contribution in [-0.2, 0) is 0 Å². The molecule has 2 N–H and O–H groups in total. The van der Waals surface area contributed by atoms with Crippen molar-refractivity contribution in [2.75, 3.05) is 18.5 Å². The quantitative estimate of drug-likeness (QED) is 0.483. The third-order valence-electron chi connectivity index (χ3n) is 2.31. The Bertz CT molecular complexity index is 541. The molecule has 1 aromatic heterocycles. The van der Waals surface area contributed by atoms with Crippen LogP contribution in [-0.4, -0.2) is 28.2 Å². The highest BCUT2D eigenvalue weighted by atomic mass is 32.1. The maximum Gasteiger partial charge on any atom is 0.319 e. The first-order valence-electron chi connectivity index (χ1n) is 5.09. The molecule has 0 spiro atoms. The van der Waals surface area contributed by atoms with Crippen LogP contribution in [0, 0.1) is 10.1 Å². The van der Waals surface area contributed by atoms with Gasteiger partial charge in [-0.1, -0.05) is 0 Å². The number of aliphatic hydroxyl groups is 1. The average molecular weight is 253 g/mol. The topological polar surface area (TPSA) is 88.3 Å². The molecule has 0 unspecified atom stereocenters. The van der Waals surface area contributed by atoms with Crippen LogP contribution in [0.2, 0.25) is 0 Å². The minimum atomic E-state index is -0.427. The zero-order valence-corrected chi connectivity index (χ0v) is 9.74. The number of aromatic nitrogens is 1. The second-order valence-corrected chi connectivity index (χ2v) is 4.31. The van der Waals surface area contributed by atoms with Gasteiger partial charge in [0, 0.05) is 13.2 Å². The van der Waals surface area contributed by atoms with E-state index in [0.29, 0.717) is 24.2 Å². The van der Waals surface area contributed by atoms with Crippen LogP contribution in [0.5, 0.6) is 0 Å². The third-order valence-corrected chi connectivity index (χ3v) is 3.10. The van der Waals surface area contributed by atoms with E-state index in [-0.39, 0.29) is 12.3 Å². The Hall–Kier alpha value is -1.73. The molecule has 1 aromatic carbocycles. The van der Waals surface area contributed by atoms with Gasteiger partial charge < -0.3 is 10.4 Å². The molecule has 0 aliphatic heterocycles. The molecule has 2 aromatic rings. The summed E-state index contributed by atoms with van der Waals surface area (Å²) < 4.78 is 0.796. The number of hydrogen-bond acceptors (Lipinski definition) is 6. The van der Waals surface area contributed by atoms with Crippen molar-refractivity contribution in [1.29, 1.82) is 0 Å². The van der Waals surface area contributed by atoms with Gasteiger partial charge in [0.05, 0.1) is 15.1 Å². The molecule has 0 atom stereocenters. The zero-order valence-electron chi connectivity index (χ0n) is 8.92. The molecule has 17 heavy (non-hydrogen) atoms. The van der Waals surface area contributed by atoms with Crippen LogP contribution < -0.4 is 5.32 Å². The van der Waals surface area contributed by atoms with Gasteiger partial charge in [-0.25, -0.2) is 4.98 Å². The van der Waals surface area contributed by atoms with E-state index in [9.17, 15) is 10.1 Å². The summed E-state index contributed by atoms with van der Waals surface area (Å²) in [6.45, 7) is 0.548. The number of nitro groups is 1. The van der Waals surface area contributed by atoms with E-state index < -0.39 is 4.92 Å². The molecule has 0 amide bonds. The number of rotatable bonds is 5. The number of nitrogens with zero attached hydrogens (tertiary/aromatic N) is 2. The molecule has 0 aliphatic carbocycles. The lowest BCUT2D eigenvalue weighted by Crippen LogP contribution is -2.06. The Balaban J connectivity index is 2.39. The minimum Gasteiger partial charge on any atom is -0.396 e. The lowest BCUT2D eigenvalue weighted by molar-refractivity contribution is -0.382. The summed E-state index contributed by atoms with van der Waals surface area (Å²) in [4.78, 5) is 14.6. The highest BCUT2D eigenvalue weighted by Gasteiger charge is 2.20. The van der Waals surface area contributed by atoms with E-state index in [0.717, 1.165) is 4.70 Å². The summed E-state index contributed by atoms with van der Waals surface area (Å²) in [7, 11) is 0. The van der Waals surface area contributed by atoms with Crippen LogP contribution >= 0.6 is 11.3 Å². The van der Waals surface area contributed by atoms with Crippen LogP contribution in [0.4, 0.5) is 11.4 Å². The smallest absolute Gasteiger partial charge is 0.319 e. The third kappa shape index (κ3) is 2.34. The molecule has 0 saturated carbocycles. The van der Waals surface area contributed by atoms with E-state index in [1.807, 2.05) is 0 Å². The highest BCUT2D eigenvalue weighted by molar-refractivity contribution is 7.16. The molecule has 0 radical (unpaired) electrons. The Morgan fingerprint density at radius 3 is 3.06 bits per heavy atom. The highest BCUT2D eigenvalue weighted by Crippen LogP contribution is 2.34. The molecular weight excluding hydrogens is 242 g/mol. The molecular formula is C10H11N3O3S. The van der Waals surface area contributed by atoms with Crippen LogP contribution in [0.1, 0.15) is 6.42 Å².